The second-order valence-corrected chi connectivity index (χ2v) is 3.65. The van der Waals surface area contributed by atoms with Crippen LogP contribution in [-0.4, -0.2) is 29.5 Å². The molecule has 0 amide bonds. The van der Waals surface area contributed by atoms with Gasteiger partial charge in [0.1, 0.15) is 13.2 Å². The van der Waals surface area contributed by atoms with Crippen LogP contribution in [-0.2, 0) is 11.3 Å². The van der Waals surface area contributed by atoms with Crippen LogP contribution in [0.25, 0.3) is 10.9 Å². The average molecular weight is 250 g/mol. The van der Waals surface area contributed by atoms with Gasteiger partial charge in [-0.3, -0.25) is 4.68 Å². The van der Waals surface area contributed by atoms with Crippen LogP contribution in [0.1, 0.15) is 10.4 Å². The molecule has 19 heavy (non-hydrogen) atoms. The standard InChI is InChI=1S/C13H12N2O3.Li/c1-18-7-3-2-6-15-12-5-4-10(13(16)17)8-11(12)9-14-15;/h4-5,8-9H,6-7H2,1H3,(H,16,17);/q;+1/p-1. The minimum atomic E-state index is -1.19. The molecule has 0 aliphatic heterocycles. The van der Waals surface area contributed by atoms with Gasteiger partial charge in [0.25, 0.3) is 0 Å². The number of methoxy groups -OCH3 is 1. The van der Waals surface area contributed by atoms with Crippen LogP contribution in [0.3, 0.4) is 0 Å². The molecule has 0 fully saturated rings. The molecule has 0 aliphatic carbocycles. The topological polar surface area (TPSA) is 67.2 Å². The number of nitrogens with zero attached hydrogens (tertiary/aromatic N) is 2. The molecule has 1 heterocycles. The van der Waals surface area contributed by atoms with Gasteiger partial charge in [0, 0.05) is 12.5 Å². The van der Waals surface area contributed by atoms with E-state index in [1.165, 1.54) is 12.1 Å². The number of aromatic nitrogens is 2. The maximum Gasteiger partial charge on any atom is 1.00 e. The molecule has 5 nitrogen and oxygen atoms in total. The summed E-state index contributed by atoms with van der Waals surface area (Å²) in [6.07, 6.45) is 1.61. The molecule has 1 aromatic carbocycles. The zero-order valence-electron chi connectivity index (χ0n) is 10.8. The van der Waals surface area contributed by atoms with E-state index < -0.39 is 5.97 Å². The number of carbonyl (C=O) groups excluding carboxylic acids is 1. The number of carboxylic acid groups (broad SMARTS) is 1. The Labute approximate surface area is 122 Å². The second-order valence-electron chi connectivity index (χ2n) is 3.65. The third-order valence-corrected chi connectivity index (χ3v) is 2.45. The van der Waals surface area contributed by atoms with Gasteiger partial charge in [-0.05, 0) is 17.7 Å². The molecule has 6 heteroatoms. The number of aromatic carboxylic acids is 1. The molecule has 1 aromatic heterocycles. The number of carboxylic acids is 1. The van der Waals surface area contributed by atoms with Crippen molar-refractivity contribution in [1.82, 2.24) is 9.78 Å². The number of hydrogen-bond donors (Lipinski definition) is 0. The first kappa shape index (κ1) is 15.3. The van der Waals surface area contributed by atoms with Crippen LogP contribution >= 0.6 is 0 Å². The quantitative estimate of drug-likeness (QED) is 0.431. The molecule has 92 valence electrons. The van der Waals surface area contributed by atoms with Gasteiger partial charge in [-0.2, -0.15) is 5.10 Å². The summed E-state index contributed by atoms with van der Waals surface area (Å²) in [5.74, 6) is 4.56. The van der Waals surface area contributed by atoms with Crippen molar-refractivity contribution < 1.29 is 33.5 Å². The molecule has 0 radical (unpaired) electrons. The van der Waals surface area contributed by atoms with Crippen molar-refractivity contribution in [2.45, 2.75) is 6.54 Å². The average Bonchev–Trinajstić information content (AvgIpc) is 2.77. The zero-order valence-corrected chi connectivity index (χ0v) is 10.8. The molecular weight excluding hydrogens is 239 g/mol. The number of hydrogen-bond acceptors (Lipinski definition) is 4. The molecule has 0 spiro atoms. The Morgan fingerprint density at radius 3 is 2.95 bits per heavy atom. The van der Waals surface area contributed by atoms with E-state index >= 15 is 0 Å². The summed E-state index contributed by atoms with van der Waals surface area (Å²) in [5, 5.41) is 15.6. The van der Waals surface area contributed by atoms with E-state index in [0.29, 0.717) is 13.2 Å². The summed E-state index contributed by atoms with van der Waals surface area (Å²) < 4.78 is 6.52. The molecule has 2 rings (SSSR count). The van der Waals surface area contributed by atoms with E-state index in [1.54, 1.807) is 24.1 Å². The van der Waals surface area contributed by atoms with Gasteiger partial charge >= 0.3 is 18.9 Å². The minimum absolute atomic E-state index is 0. The molecule has 0 N–H and O–H groups in total. The number of carbonyl (C=O) groups is 1. The van der Waals surface area contributed by atoms with Crippen molar-refractivity contribution in [2.24, 2.45) is 0 Å². The number of rotatable bonds is 3. The first-order chi connectivity index (χ1) is 8.72. The van der Waals surface area contributed by atoms with Crippen LogP contribution < -0.4 is 24.0 Å². The van der Waals surface area contributed by atoms with Crippen molar-refractivity contribution in [3.8, 4) is 11.8 Å². The molecule has 0 atom stereocenters. The Bertz CT molecular complexity index is 640. The predicted octanol–water partition coefficient (Wildman–Crippen LogP) is -2.95. The van der Waals surface area contributed by atoms with E-state index in [1.807, 2.05) is 0 Å². The Morgan fingerprint density at radius 1 is 1.47 bits per heavy atom. The van der Waals surface area contributed by atoms with E-state index in [2.05, 4.69) is 16.9 Å². The van der Waals surface area contributed by atoms with Crippen LogP contribution in [0.4, 0.5) is 0 Å². The second kappa shape index (κ2) is 7.01. The monoisotopic (exact) mass is 250 g/mol. The van der Waals surface area contributed by atoms with E-state index in [9.17, 15) is 9.90 Å². The fourth-order valence-corrected chi connectivity index (χ4v) is 1.59. The van der Waals surface area contributed by atoms with Crippen LogP contribution in [0, 0.1) is 11.8 Å². The van der Waals surface area contributed by atoms with Crippen molar-refractivity contribution in [1.29, 1.82) is 0 Å². The van der Waals surface area contributed by atoms with Gasteiger partial charge in [-0.25, -0.2) is 0 Å². The SMILES string of the molecule is COCC#CCn1ncc2cc(C(=O)[O-])ccc21.[Li+]. The number of fused-ring (bicyclic) bond motifs is 1. The largest absolute Gasteiger partial charge is 1.00 e. The summed E-state index contributed by atoms with van der Waals surface area (Å²) in [4.78, 5) is 10.7. The minimum Gasteiger partial charge on any atom is -0.545 e. The van der Waals surface area contributed by atoms with Crippen LogP contribution in [0.2, 0.25) is 0 Å². The third-order valence-electron chi connectivity index (χ3n) is 2.45. The molecule has 0 aliphatic rings. The van der Waals surface area contributed by atoms with Gasteiger partial charge in [0.05, 0.1) is 17.7 Å². The van der Waals surface area contributed by atoms with Gasteiger partial charge < -0.3 is 14.6 Å². The van der Waals surface area contributed by atoms with Gasteiger partial charge in [-0.15, -0.1) is 0 Å². The van der Waals surface area contributed by atoms with Gasteiger partial charge in [-0.1, -0.05) is 17.9 Å². The molecule has 0 bridgehead atoms. The van der Waals surface area contributed by atoms with Crippen molar-refractivity contribution in [2.75, 3.05) is 13.7 Å². The third kappa shape index (κ3) is 3.62. The summed E-state index contributed by atoms with van der Waals surface area (Å²) in [6, 6.07) is 4.74. The van der Waals surface area contributed by atoms with Crippen molar-refractivity contribution >= 4 is 16.9 Å². The van der Waals surface area contributed by atoms with E-state index in [4.69, 9.17) is 4.74 Å². The number of benzene rings is 1. The van der Waals surface area contributed by atoms with Crippen molar-refractivity contribution in [3.05, 3.63) is 30.0 Å². The predicted molar refractivity (Wildman–Crippen MR) is 63.7 cm³/mol. The van der Waals surface area contributed by atoms with E-state index in [0.717, 1.165) is 10.9 Å². The van der Waals surface area contributed by atoms with Crippen molar-refractivity contribution in [3.63, 3.8) is 0 Å². The normalized spacial score (nSPS) is 9.53. The molecule has 0 unspecified atom stereocenters. The molecule has 0 saturated heterocycles. The first-order valence-electron chi connectivity index (χ1n) is 5.34. The smallest absolute Gasteiger partial charge is 0.545 e. The summed E-state index contributed by atoms with van der Waals surface area (Å²) in [7, 11) is 1.58. The Morgan fingerprint density at radius 2 is 2.26 bits per heavy atom. The number of ether oxygens (including phenoxy) is 1. The summed E-state index contributed by atoms with van der Waals surface area (Å²) in [6.45, 7) is 0.825. The fraction of sp³-hybridized carbons (Fsp3) is 0.231. The fourth-order valence-electron chi connectivity index (χ4n) is 1.59. The van der Waals surface area contributed by atoms with Crippen LogP contribution in [0.15, 0.2) is 24.4 Å². The zero-order chi connectivity index (χ0) is 13.0. The molecule has 2 aromatic rings. The molecule has 0 saturated carbocycles. The Hall–Kier alpha value is -1.72. The summed E-state index contributed by atoms with van der Waals surface area (Å²) in [5.41, 5.74) is 0.985. The van der Waals surface area contributed by atoms with Gasteiger partial charge in [0.2, 0.25) is 0 Å². The Kier molecular flexibility index (Phi) is 5.66. The maximum atomic E-state index is 10.7. The molecular formula is C13H11LiN2O3. The van der Waals surface area contributed by atoms with Crippen LogP contribution in [0.5, 0.6) is 0 Å². The first-order valence-corrected chi connectivity index (χ1v) is 5.34. The van der Waals surface area contributed by atoms with Gasteiger partial charge in [0.15, 0.2) is 0 Å². The summed E-state index contributed by atoms with van der Waals surface area (Å²) >= 11 is 0. The maximum absolute atomic E-state index is 10.7. The van der Waals surface area contributed by atoms with E-state index in [-0.39, 0.29) is 24.4 Å². The Balaban J connectivity index is 0.00000180.